The summed E-state index contributed by atoms with van der Waals surface area (Å²) < 4.78 is 5.41. The van der Waals surface area contributed by atoms with E-state index >= 15 is 0 Å². The number of ether oxygens (including phenoxy) is 1. The van der Waals surface area contributed by atoms with Gasteiger partial charge < -0.3 is 9.64 Å². The molecular formula is C19H14Cl2N2O3. The highest BCUT2D eigenvalue weighted by atomic mass is 35.5. The van der Waals surface area contributed by atoms with E-state index in [1.807, 2.05) is 0 Å². The first-order chi connectivity index (χ1) is 12.4. The van der Waals surface area contributed by atoms with E-state index in [9.17, 15) is 14.9 Å². The van der Waals surface area contributed by atoms with E-state index in [1.165, 1.54) is 31.1 Å². The summed E-state index contributed by atoms with van der Waals surface area (Å²) >= 11 is 12.2. The predicted octanol–water partition coefficient (Wildman–Crippen LogP) is 4.17. The largest absolute Gasteiger partial charge is 0.421 e. The van der Waals surface area contributed by atoms with Gasteiger partial charge in [0.1, 0.15) is 6.07 Å². The summed E-state index contributed by atoms with van der Waals surface area (Å²) in [6, 6.07) is 14.6. The second kappa shape index (κ2) is 8.52. The van der Waals surface area contributed by atoms with Crippen molar-refractivity contribution in [1.82, 2.24) is 4.90 Å². The Bertz CT molecular complexity index is 930. The van der Waals surface area contributed by atoms with Gasteiger partial charge in [-0.05, 0) is 24.3 Å². The van der Waals surface area contributed by atoms with Crippen LogP contribution in [-0.2, 0) is 9.53 Å². The van der Waals surface area contributed by atoms with Gasteiger partial charge in [0.2, 0.25) is 0 Å². The Morgan fingerprint density at radius 1 is 0.962 bits per heavy atom. The molecule has 0 aliphatic heterocycles. The van der Waals surface area contributed by atoms with E-state index in [0.29, 0.717) is 0 Å². The Hall–Kier alpha value is -2.81. The minimum atomic E-state index is -0.801. The summed E-state index contributed by atoms with van der Waals surface area (Å²) in [5.41, 5.74) is 0.0122. The predicted molar refractivity (Wildman–Crippen MR) is 99.5 cm³/mol. The lowest BCUT2D eigenvalue weighted by molar-refractivity contribution is -0.124. The quantitative estimate of drug-likeness (QED) is 0.341. The van der Waals surface area contributed by atoms with E-state index in [-0.39, 0.29) is 32.5 Å². The number of rotatable bonds is 4. The molecule has 2 aromatic rings. The second-order valence-corrected chi connectivity index (χ2v) is 6.18. The van der Waals surface area contributed by atoms with Crippen LogP contribution in [0.4, 0.5) is 0 Å². The molecule has 0 unspecified atom stereocenters. The third-order valence-electron chi connectivity index (χ3n) is 3.37. The smallest absolute Gasteiger partial charge is 0.345 e. The third-order valence-corrected chi connectivity index (χ3v) is 4.03. The highest BCUT2D eigenvalue weighted by molar-refractivity contribution is 6.34. The van der Waals surface area contributed by atoms with Gasteiger partial charge in [-0.2, -0.15) is 5.26 Å². The van der Waals surface area contributed by atoms with E-state index in [0.717, 1.165) is 0 Å². The number of amides is 1. The Balaban J connectivity index is 2.61. The molecular weight excluding hydrogens is 375 g/mol. The number of carbonyl (C=O) groups excluding carboxylic acids is 2. The van der Waals surface area contributed by atoms with Crippen molar-refractivity contribution in [2.24, 2.45) is 0 Å². The van der Waals surface area contributed by atoms with Gasteiger partial charge in [0, 0.05) is 19.7 Å². The molecule has 2 aromatic carbocycles. The van der Waals surface area contributed by atoms with E-state index in [1.54, 1.807) is 42.5 Å². The van der Waals surface area contributed by atoms with Crippen LogP contribution in [-0.4, -0.2) is 30.9 Å². The lowest BCUT2D eigenvalue weighted by atomic mass is 10.1. The zero-order valence-corrected chi connectivity index (χ0v) is 15.5. The maximum Gasteiger partial charge on any atom is 0.345 e. The van der Waals surface area contributed by atoms with Crippen molar-refractivity contribution >= 4 is 40.8 Å². The second-order valence-electron chi connectivity index (χ2n) is 5.36. The summed E-state index contributed by atoms with van der Waals surface area (Å²) in [7, 11) is 2.97. The lowest BCUT2D eigenvalue weighted by Crippen LogP contribution is -2.24. The number of nitrogens with zero attached hydrogens (tertiary/aromatic N) is 2. The standard InChI is InChI=1S/C19H14Cl2N2O3/c1-23(2)18(24)14(11-22)17(12-7-3-5-9-15(12)20)26-19(25)13-8-4-6-10-16(13)21/h3-10H,1-2H3. The molecule has 7 heteroatoms. The number of esters is 1. The minimum Gasteiger partial charge on any atom is -0.421 e. The molecule has 0 saturated carbocycles. The summed E-state index contributed by atoms with van der Waals surface area (Å²) in [5.74, 6) is -1.64. The zero-order valence-electron chi connectivity index (χ0n) is 14.0. The molecule has 0 N–H and O–H groups in total. The Morgan fingerprint density at radius 3 is 1.92 bits per heavy atom. The minimum absolute atomic E-state index is 0.105. The number of hydrogen-bond acceptors (Lipinski definition) is 4. The van der Waals surface area contributed by atoms with E-state index in [2.05, 4.69) is 0 Å². The Kier molecular flexibility index (Phi) is 6.40. The number of likely N-dealkylation sites (N-methyl/N-ethyl adjacent to an activating group) is 1. The number of halogens is 2. The SMILES string of the molecule is CN(C)C(=O)C(C#N)=C(OC(=O)c1ccccc1Cl)c1ccccc1Cl. The average molecular weight is 389 g/mol. The topological polar surface area (TPSA) is 70.4 Å². The summed E-state index contributed by atoms with van der Waals surface area (Å²) in [6.45, 7) is 0. The molecule has 0 aliphatic rings. The van der Waals surface area contributed by atoms with Crippen molar-refractivity contribution in [3.05, 3.63) is 75.3 Å². The van der Waals surface area contributed by atoms with Gasteiger partial charge in [0.15, 0.2) is 11.3 Å². The molecule has 2 rings (SSSR count). The van der Waals surface area contributed by atoms with E-state index in [4.69, 9.17) is 27.9 Å². The van der Waals surface area contributed by atoms with Crippen molar-refractivity contribution in [1.29, 1.82) is 5.26 Å². The monoisotopic (exact) mass is 388 g/mol. The van der Waals surface area contributed by atoms with Crippen LogP contribution in [0.1, 0.15) is 15.9 Å². The molecule has 26 heavy (non-hydrogen) atoms. The maximum absolute atomic E-state index is 12.6. The van der Waals surface area contributed by atoms with Crippen LogP contribution in [0.3, 0.4) is 0 Å². The molecule has 5 nitrogen and oxygen atoms in total. The maximum atomic E-state index is 12.6. The zero-order chi connectivity index (χ0) is 19.3. The van der Waals surface area contributed by atoms with Crippen molar-refractivity contribution < 1.29 is 14.3 Å². The first kappa shape index (κ1) is 19.5. The highest BCUT2D eigenvalue weighted by Crippen LogP contribution is 2.29. The number of carbonyl (C=O) groups is 2. The molecule has 0 heterocycles. The van der Waals surface area contributed by atoms with Crippen LogP contribution in [0.15, 0.2) is 54.1 Å². The van der Waals surface area contributed by atoms with Crippen molar-refractivity contribution in [2.75, 3.05) is 14.1 Å². The summed E-state index contributed by atoms with van der Waals surface area (Å²) in [4.78, 5) is 26.1. The lowest BCUT2D eigenvalue weighted by Gasteiger charge is -2.15. The van der Waals surface area contributed by atoms with Crippen molar-refractivity contribution in [3.63, 3.8) is 0 Å². The van der Waals surface area contributed by atoms with Gasteiger partial charge >= 0.3 is 5.97 Å². The molecule has 0 aliphatic carbocycles. The van der Waals surface area contributed by atoms with Crippen LogP contribution in [0.5, 0.6) is 0 Å². The molecule has 0 fully saturated rings. The van der Waals surface area contributed by atoms with Crippen molar-refractivity contribution in [2.45, 2.75) is 0 Å². The van der Waals surface area contributed by atoms with Crippen LogP contribution < -0.4 is 0 Å². The summed E-state index contributed by atoms with van der Waals surface area (Å²) in [6.07, 6.45) is 0. The van der Waals surface area contributed by atoms with E-state index < -0.39 is 11.9 Å². The molecule has 0 atom stereocenters. The average Bonchev–Trinajstić information content (AvgIpc) is 2.62. The van der Waals surface area contributed by atoms with Gasteiger partial charge in [0.05, 0.1) is 15.6 Å². The van der Waals surface area contributed by atoms with Crippen LogP contribution in [0.25, 0.3) is 5.76 Å². The van der Waals surface area contributed by atoms with Crippen LogP contribution in [0.2, 0.25) is 10.0 Å². The first-order valence-corrected chi connectivity index (χ1v) is 8.20. The number of benzene rings is 2. The Morgan fingerprint density at radius 2 is 1.46 bits per heavy atom. The van der Waals surface area contributed by atoms with Gasteiger partial charge in [-0.15, -0.1) is 0 Å². The normalized spacial score (nSPS) is 11.2. The number of hydrogen-bond donors (Lipinski definition) is 0. The van der Waals surface area contributed by atoms with Crippen molar-refractivity contribution in [3.8, 4) is 6.07 Å². The van der Waals surface area contributed by atoms with Gasteiger partial charge in [-0.25, -0.2) is 4.79 Å². The number of nitriles is 1. The molecule has 1 amide bonds. The Labute approximate surface area is 161 Å². The van der Waals surface area contributed by atoms with Crippen LogP contribution in [0, 0.1) is 11.3 Å². The summed E-state index contributed by atoms with van der Waals surface area (Å²) in [5, 5.41) is 9.91. The highest BCUT2D eigenvalue weighted by Gasteiger charge is 2.25. The van der Waals surface area contributed by atoms with Gasteiger partial charge in [-0.3, -0.25) is 4.79 Å². The molecule has 132 valence electrons. The van der Waals surface area contributed by atoms with Crippen LogP contribution >= 0.6 is 23.2 Å². The first-order valence-electron chi connectivity index (χ1n) is 7.44. The fraction of sp³-hybridized carbons (Fsp3) is 0.105. The van der Waals surface area contributed by atoms with Gasteiger partial charge in [0.25, 0.3) is 5.91 Å². The molecule has 0 saturated heterocycles. The molecule has 0 radical (unpaired) electrons. The molecule has 0 aromatic heterocycles. The fourth-order valence-corrected chi connectivity index (χ4v) is 2.51. The third kappa shape index (κ3) is 4.23. The van der Waals surface area contributed by atoms with Gasteiger partial charge in [-0.1, -0.05) is 47.5 Å². The molecule has 0 bridgehead atoms. The fourth-order valence-electron chi connectivity index (χ4n) is 2.08. The molecule has 0 spiro atoms.